The molecule has 3 rings (SSSR count). The number of likely N-dealkylation sites (tertiary alicyclic amines) is 1. The van der Waals surface area contributed by atoms with Crippen molar-refractivity contribution in [1.82, 2.24) is 19.7 Å². The molecule has 0 radical (unpaired) electrons. The number of amides is 1. The van der Waals surface area contributed by atoms with E-state index < -0.39 is 5.60 Å². The monoisotopic (exact) mass is 342 g/mol. The molecular formula is C19H26N4O2. The summed E-state index contributed by atoms with van der Waals surface area (Å²) in [4.78, 5) is 14.6. The third-order valence-corrected chi connectivity index (χ3v) is 4.84. The van der Waals surface area contributed by atoms with Crippen LogP contribution in [0.4, 0.5) is 0 Å². The Hall–Kier alpha value is -2.21. The number of carbonyl (C=O) groups excluding carboxylic acids is 1. The number of carbonyl (C=O) groups is 1. The van der Waals surface area contributed by atoms with Crippen LogP contribution in [-0.4, -0.2) is 49.4 Å². The van der Waals surface area contributed by atoms with Crippen molar-refractivity contribution in [3.8, 4) is 0 Å². The molecule has 134 valence electrons. The van der Waals surface area contributed by atoms with E-state index in [0.717, 1.165) is 43.5 Å². The molecule has 1 aromatic carbocycles. The van der Waals surface area contributed by atoms with Crippen LogP contribution in [0.2, 0.25) is 0 Å². The van der Waals surface area contributed by atoms with Gasteiger partial charge in [0.1, 0.15) is 12.7 Å². The number of piperidine rings is 1. The Kier molecular flexibility index (Phi) is 5.18. The molecule has 0 atom stereocenters. The smallest absolute Gasteiger partial charge is 0.253 e. The lowest BCUT2D eigenvalue weighted by Gasteiger charge is -2.32. The van der Waals surface area contributed by atoms with Gasteiger partial charge in [0, 0.05) is 24.7 Å². The molecule has 1 aliphatic rings. The van der Waals surface area contributed by atoms with Gasteiger partial charge in [0.25, 0.3) is 5.91 Å². The molecule has 1 aromatic heterocycles. The molecule has 1 aliphatic heterocycles. The molecule has 25 heavy (non-hydrogen) atoms. The van der Waals surface area contributed by atoms with Crippen LogP contribution in [0.3, 0.4) is 0 Å². The van der Waals surface area contributed by atoms with E-state index >= 15 is 0 Å². The van der Waals surface area contributed by atoms with Crippen LogP contribution < -0.4 is 0 Å². The number of hydrogen-bond acceptors (Lipinski definition) is 4. The topological polar surface area (TPSA) is 71.2 Å². The molecule has 1 fully saturated rings. The summed E-state index contributed by atoms with van der Waals surface area (Å²) in [7, 11) is 0. The second kappa shape index (κ2) is 7.35. The molecule has 0 bridgehead atoms. The molecule has 6 nitrogen and oxygen atoms in total. The highest BCUT2D eigenvalue weighted by Gasteiger charge is 2.24. The SMILES string of the molecule is CC(C)(O)CCc1ccc(C(=O)N2CCC(n3cnnc3)CC2)cc1. The first-order valence-electron chi connectivity index (χ1n) is 8.87. The second-order valence-corrected chi connectivity index (χ2v) is 7.44. The summed E-state index contributed by atoms with van der Waals surface area (Å²) in [5.41, 5.74) is 1.21. The third kappa shape index (κ3) is 4.66. The quantitative estimate of drug-likeness (QED) is 0.906. The Morgan fingerprint density at radius 3 is 2.32 bits per heavy atom. The zero-order valence-electron chi connectivity index (χ0n) is 14.9. The largest absolute Gasteiger partial charge is 0.390 e. The minimum Gasteiger partial charge on any atom is -0.390 e. The number of aryl methyl sites for hydroxylation is 1. The maximum atomic E-state index is 12.7. The molecule has 6 heteroatoms. The highest BCUT2D eigenvalue weighted by molar-refractivity contribution is 5.94. The van der Waals surface area contributed by atoms with Gasteiger partial charge < -0.3 is 14.6 Å². The fourth-order valence-electron chi connectivity index (χ4n) is 3.21. The Morgan fingerprint density at radius 2 is 1.76 bits per heavy atom. The van der Waals surface area contributed by atoms with Gasteiger partial charge in [-0.15, -0.1) is 10.2 Å². The van der Waals surface area contributed by atoms with Crippen molar-refractivity contribution in [3.63, 3.8) is 0 Å². The summed E-state index contributed by atoms with van der Waals surface area (Å²) in [6.07, 6.45) is 6.85. The van der Waals surface area contributed by atoms with Gasteiger partial charge in [-0.25, -0.2) is 0 Å². The van der Waals surface area contributed by atoms with Crippen LogP contribution in [0, 0.1) is 0 Å². The summed E-state index contributed by atoms with van der Waals surface area (Å²) in [6.45, 7) is 5.13. The maximum absolute atomic E-state index is 12.7. The summed E-state index contributed by atoms with van der Waals surface area (Å²) in [6, 6.07) is 8.15. The van der Waals surface area contributed by atoms with E-state index in [-0.39, 0.29) is 5.91 Å². The average Bonchev–Trinajstić information content (AvgIpc) is 3.14. The average molecular weight is 342 g/mol. The molecule has 1 N–H and O–H groups in total. The van der Waals surface area contributed by atoms with E-state index in [9.17, 15) is 9.90 Å². The van der Waals surface area contributed by atoms with Crippen LogP contribution >= 0.6 is 0 Å². The number of benzene rings is 1. The third-order valence-electron chi connectivity index (χ3n) is 4.84. The summed E-state index contributed by atoms with van der Waals surface area (Å²) in [5, 5.41) is 17.5. The van der Waals surface area contributed by atoms with E-state index in [2.05, 4.69) is 10.2 Å². The number of rotatable bonds is 5. The zero-order chi connectivity index (χ0) is 17.9. The fourth-order valence-corrected chi connectivity index (χ4v) is 3.21. The Bertz CT molecular complexity index is 681. The second-order valence-electron chi connectivity index (χ2n) is 7.44. The first-order chi connectivity index (χ1) is 11.9. The molecule has 2 heterocycles. The molecule has 0 spiro atoms. The lowest BCUT2D eigenvalue weighted by Crippen LogP contribution is -2.38. The number of aromatic nitrogens is 3. The molecule has 0 aliphatic carbocycles. The van der Waals surface area contributed by atoms with Gasteiger partial charge in [-0.05, 0) is 57.2 Å². The minimum absolute atomic E-state index is 0.0937. The van der Waals surface area contributed by atoms with Crippen LogP contribution in [0.25, 0.3) is 0 Å². The standard InChI is InChI=1S/C19H26N4O2/c1-19(2,25)10-7-15-3-5-16(6-4-15)18(24)22-11-8-17(9-12-22)23-13-20-21-14-23/h3-6,13-14,17,25H,7-12H2,1-2H3. The number of aliphatic hydroxyl groups is 1. The summed E-state index contributed by atoms with van der Waals surface area (Å²) in [5.74, 6) is 0.0937. The van der Waals surface area contributed by atoms with Gasteiger partial charge in [0.15, 0.2) is 0 Å². The van der Waals surface area contributed by atoms with Crippen molar-refractivity contribution in [1.29, 1.82) is 0 Å². The lowest BCUT2D eigenvalue weighted by molar-refractivity contribution is 0.0690. The van der Waals surface area contributed by atoms with Gasteiger partial charge in [-0.3, -0.25) is 4.79 Å². The normalized spacial score (nSPS) is 16.2. The lowest BCUT2D eigenvalue weighted by atomic mass is 9.98. The van der Waals surface area contributed by atoms with Crippen LogP contribution in [0.5, 0.6) is 0 Å². The van der Waals surface area contributed by atoms with Gasteiger partial charge >= 0.3 is 0 Å². The van der Waals surface area contributed by atoms with E-state index in [1.54, 1.807) is 12.7 Å². The number of nitrogens with zero attached hydrogens (tertiary/aromatic N) is 4. The van der Waals surface area contributed by atoms with Crippen molar-refractivity contribution in [2.75, 3.05) is 13.1 Å². The van der Waals surface area contributed by atoms with Gasteiger partial charge in [-0.2, -0.15) is 0 Å². The summed E-state index contributed by atoms with van der Waals surface area (Å²) >= 11 is 0. The first kappa shape index (κ1) is 17.6. The highest BCUT2D eigenvalue weighted by atomic mass is 16.3. The zero-order valence-corrected chi connectivity index (χ0v) is 14.9. The van der Waals surface area contributed by atoms with Gasteiger partial charge in [-0.1, -0.05) is 12.1 Å². The van der Waals surface area contributed by atoms with Crippen molar-refractivity contribution in [3.05, 3.63) is 48.0 Å². The van der Waals surface area contributed by atoms with E-state index in [4.69, 9.17) is 0 Å². The minimum atomic E-state index is -0.663. The highest BCUT2D eigenvalue weighted by Crippen LogP contribution is 2.23. The molecule has 1 amide bonds. The van der Waals surface area contributed by atoms with E-state index in [1.807, 2.05) is 47.6 Å². The van der Waals surface area contributed by atoms with Crippen molar-refractivity contribution in [2.45, 2.75) is 51.2 Å². The fraction of sp³-hybridized carbons (Fsp3) is 0.526. The molecule has 0 unspecified atom stereocenters. The maximum Gasteiger partial charge on any atom is 0.253 e. The molecular weight excluding hydrogens is 316 g/mol. The first-order valence-corrected chi connectivity index (χ1v) is 8.87. The Morgan fingerprint density at radius 1 is 1.16 bits per heavy atom. The van der Waals surface area contributed by atoms with Crippen molar-refractivity contribution in [2.24, 2.45) is 0 Å². The molecule has 0 saturated carbocycles. The van der Waals surface area contributed by atoms with Crippen LogP contribution in [-0.2, 0) is 6.42 Å². The Balaban J connectivity index is 1.55. The predicted molar refractivity (Wildman–Crippen MR) is 95.3 cm³/mol. The van der Waals surface area contributed by atoms with E-state index in [0.29, 0.717) is 12.5 Å². The molecule has 2 aromatic rings. The molecule has 1 saturated heterocycles. The van der Waals surface area contributed by atoms with E-state index in [1.165, 1.54) is 0 Å². The van der Waals surface area contributed by atoms with Gasteiger partial charge in [0.2, 0.25) is 0 Å². The van der Waals surface area contributed by atoms with Crippen LogP contribution in [0.1, 0.15) is 55.1 Å². The summed E-state index contributed by atoms with van der Waals surface area (Å²) < 4.78 is 2.03. The number of hydrogen-bond donors (Lipinski definition) is 1. The predicted octanol–water partition coefficient (Wildman–Crippen LogP) is 2.46. The van der Waals surface area contributed by atoms with Crippen LogP contribution in [0.15, 0.2) is 36.9 Å². The van der Waals surface area contributed by atoms with Gasteiger partial charge in [0.05, 0.1) is 5.60 Å². The van der Waals surface area contributed by atoms with Crippen molar-refractivity contribution >= 4 is 5.91 Å². The Labute approximate surface area is 148 Å². The van der Waals surface area contributed by atoms with Crippen molar-refractivity contribution < 1.29 is 9.90 Å².